The summed E-state index contributed by atoms with van der Waals surface area (Å²) in [5, 5.41) is 7.34. The second-order valence-electron chi connectivity index (χ2n) is 5.98. The summed E-state index contributed by atoms with van der Waals surface area (Å²) < 4.78 is 0.800. The zero-order valence-electron chi connectivity index (χ0n) is 12.4. The van der Waals surface area contributed by atoms with Crippen LogP contribution in [0.1, 0.15) is 24.6 Å². The lowest BCUT2D eigenvalue weighted by Crippen LogP contribution is -2.27. The van der Waals surface area contributed by atoms with Gasteiger partial charge in [0, 0.05) is 6.07 Å². The van der Waals surface area contributed by atoms with Crippen LogP contribution in [0.5, 0.6) is 0 Å². The third-order valence-electron chi connectivity index (χ3n) is 4.08. The van der Waals surface area contributed by atoms with Crippen LogP contribution >= 0.6 is 23.2 Å². The van der Waals surface area contributed by atoms with E-state index < -0.39 is 9.75 Å². The molecule has 2 aromatic rings. The number of anilines is 1. The van der Waals surface area contributed by atoms with E-state index in [1.54, 1.807) is 11.6 Å². The first-order chi connectivity index (χ1) is 10.3. The minimum Gasteiger partial charge on any atom is -0.310 e. The van der Waals surface area contributed by atoms with Crippen LogP contribution in [-0.4, -0.2) is 20.0 Å². The number of benzene rings is 1. The first-order valence-corrected chi connectivity index (χ1v) is 7.85. The van der Waals surface area contributed by atoms with Crippen LogP contribution in [0.15, 0.2) is 36.4 Å². The number of hydrogen-bond acceptors (Lipinski definition) is 2. The Labute approximate surface area is 139 Å². The number of alkyl halides is 2. The summed E-state index contributed by atoms with van der Waals surface area (Å²) in [6.07, 6.45) is 0.459. The Morgan fingerprint density at radius 2 is 2.00 bits per heavy atom. The molecule has 6 heteroatoms. The molecule has 0 radical (unpaired) electrons. The Kier molecular flexibility index (Phi) is 3.69. The molecule has 0 aliphatic heterocycles. The minimum atomic E-state index is -0.976. The van der Waals surface area contributed by atoms with Crippen molar-refractivity contribution in [3.63, 3.8) is 0 Å². The van der Waals surface area contributed by atoms with Gasteiger partial charge in [-0.15, -0.1) is 23.2 Å². The second kappa shape index (κ2) is 5.28. The van der Waals surface area contributed by atoms with Gasteiger partial charge in [-0.25, -0.2) is 4.68 Å². The maximum Gasteiger partial charge on any atom is 0.234 e. The predicted octanol–water partition coefficient (Wildman–Crippen LogP) is 3.76. The van der Waals surface area contributed by atoms with Crippen LogP contribution < -0.4 is 5.32 Å². The number of amides is 1. The highest BCUT2D eigenvalue weighted by Gasteiger charge is 2.68. The molecule has 4 nitrogen and oxygen atoms in total. The quantitative estimate of drug-likeness (QED) is 0.863. The molecule has 1 aliphatic carbocycles. The molecule has 0 saturated heterocycles. The molecule has 1 unspecified atom stereocenters. The van der Waals surface area contributed by atoms with Gasteiger partial charge < -0.3 is 5.32 Å². The predicted molar refractivity (Wildman–Crippen MR) is 88.3 cm³/mol. The molecule has 1 fully saturated rings. The molecule has 1 atom stereocenters. The van der Waals surface area contributed by atoms with Crippen LogP contribution in [0.2, 0.25) is 0 Å². The van der Waals surface area contributed by atoms with Crippen molar-refractivity contribution in [1.82, 2.24) is 9.78 Å². The highest BCUT2D eigenvalue weighted by Crippen LogP contribution is 2.64. The van der Waals surface area contributed by atoms with Crippen molar-refractivity contribution in [3.05, 3.63) is 47.7 Å². The van der Waals surface area contributed by atoms with Gasteiger partial charge in [0.2, 0.25) is 5.91 Å². The Morgan fingerprint density at radius 3 is 2.59 bits per heavy atom. The number of aryl methyl sites for hydroxylation is 1. The number of carbonyl (C=O) groups excluding carboxylic acids is 1. The lowest BCUT2D eigenvalue weighted by molar-refractivity contribution is -0.120. The van der Waals surface area contributed by atoms with Gasteiger partial charge >= 0.3 is 0 Å². The summed E-state index contributed by atoms with van der Waals surface area (Å²) in [5.41, 5.74) is 1.21. The lowest BCUT2D eigenvalue weighted by Gasteiger charge is -2.14. The van der Waals surface area contributed by atoms with Gasteiger partial charge in [0.15, 0.2) is 0 Å². The van der Waals surface area contributed by atoms with Crippen LogP contribution in [-0.2, 0) is 11.3 Å². The summed E-state index contributed by atoms with van der Waals surface area (Å²) in [5.74, 6) is 0.482. The van der Waals surface area contributed by atoms with E-state index in [-0.39, 0.29) is 5.91 Å². The van der Waals surface area contributed by atoms with Gasteiger partial charge in [0.25, 0.3) is 0 Å². The van der Waals surface area contributed by atoms with Crippen molar-refractivity contribution in [2.45, 2.75) is 31.1 Å². The highest BCUT2D eigenvalue weighted by atomic mass is 35.5. The van der Waals surface area contributed by atoms with E-state index in [1.165, 1.54) is 0 Å². The third kappa shape index (κ3) is 2.73. The second-order valence-corrected chi connectivity index (χ2v) is 7.47. The van der Waals surface area contributed by atoms with Gasteiger partial charge in [0.1, 0.15) is 10.2 Å². The molecule has 1 aromatic heterocycles. The Morgan fingerprint density at radius 1 is 1.36 bits per heavy atom. The van der Waals surface area contributed by atoms with Crippen molar-refractivity contribution < 1.29 is 4.79 Å². The maximum absolute atomic E-state index is 12.4. The topological polar surface area (TPSA) is 46.9 Å². The van der Waals surface area contributed by atoms with E-state index >= 15 is 0 Å². The molecule has 1 aliphatic rings. The summed E-state index contributed by atoms with van der Waals surface area (Å²) in [7, 11) is 0. The fourth-order valence-electron chi connectivity index (χ4n) is 2.42. The molecule has 1 saturated carbocycles. The Hall–Kier alpha value is -1.52. The Balaban J connectivity index is 1.79. The van der Waals surface area contributed by atoms with Crippen molar-refractivity contribution in [1.29, 1.82) is 0 Å². The molecule has 0 bridgehead atoms. The number of carbonyl (C=O) groups is 1. The number of aromatic nitrogens is 2. The number of nitrogens with zero attached hydrogens (tertiary/aromatic N) is 2. The van der Waals surface area contributed by atoms with E-state index in [0.29, 0.717) is 18.8 Å². The van der Waals surface area contributed by atoms with Gasteiger partial charge in [-0.3, -0.25) is 4.79 Å². The first kappa shape index (κ1) is 15.4. The standard InChI is InChI=1S/C16H17Cl2N3O/c1-11-8-13(19-14(22)15(2)10-16(15,17)18)21(20-11)9-12-6-4-3-5-7-12/h3-8H,9-10H2,1-2H3,(H,19,22). The Bertz CT molecular complexity index is 711. The van der Waals surface area contributed by atoms with Crippen LogP contribution in [0.25, 0.3) is 0 Å². The minimum absolute atomic E-state index is 0.174. The molecule has 1 amide bonds. The number of rotatable bonds is 4. The molecule has 1 N–H and O–H groups in total. The number of hydrogen-bond donors (Lipinski definition) is 1. The molecule has 0 spiro atoms. The monoisotopic (exact) mass is 337 g/mol. The van der Waals surface area contributed by atoms with Crippen molar-refractivity contribution in [2.24, 2.45) is 5.41 Å². The molecular weight excluding hydrogens is 321 g/mol. The van der Waals surface area contributed by atoms with Gasteiger partial charge in [-0.2, -0.15) is 5.10 Å². The molecular formula is C16H17Cl2N3O. The third-order valence-corrected chi connectivity index (χ3v) is 5.18. The molecule has 22 heavy (non-hydrogen) atoms. The molecule has 116 valence electrons. The summed E-state index contributed by atoms with van der Waals surface area (Å²) in [6, 6.07) is 11.8. The molecule has 3 rings (SSSR count). The SMILES string of the molecule is Cc1cc(NC(=O)C2(C)CC2(Cl)Cl)n(Cc2ccccc2)n1. The smallest absolute Gasteiger partial charge is 0.234 e. The molecule has 1 heterocycles. The maximum atomic E-state index is 12.4. The fraction of sp³-hybridized carbons (Fsp3) is 0.375. The van der Waals surface area contributed by atoms with E-state index in [4.69, 9.17) is 23.2 Å². The summed E-state index contributed by atoms with van der Waals surface area (Å²) in [6.45, 7) is 4.25. The van der Waals surface area contributed by atoms with Gasteiger partial charge in [-0.1, -0.05) is 30.3 Å². The zero-order chi connectivity index (χ0) is 16.0. The highest BCUT2D eigenvalue weighted by molar-refractivity contribution is 6.53. The summed E-state index contributed by atoms with van der Waals surface area (Å²) in [4.78, 5) is 12.4. The van der Waals surface area contributed by atoms with Gasteiger partial charge in [0.05, 0.1) is 17.7 Å². The van der Waals surface area contributed by atoms with Crippen molar-refractivity contribution in [3.8, 4) is 0 Å². The van der Waals surface area contributed by atoms with Crippen LogP contribution in [0.4, 0.5) is 5.82 Å². The van der Waals surface area contributed by atoms with Crippen molar-refractivity contribution in [2.75, 3.05) is 5.32 Å². The van der Waals surface area contributed by atoms with Gasteiger partial charge in [-0.05, 0) is 25.8 Å². The average molecular weight is 338 g/mol. The number of nitrogens with one attached hydrogen (secondary N) is 1. The fourth-order valence-corrected chi connectivity index (χ4v) is 3.13. The van der Waals surface area contributed by atoms with Crippen LogP contribution in [0.3, 0.4) is 0 Å². The summed E-state index contributed by atoms with van der Waals surface area (Å²) >= 11 is 12.1. The normalized spacial score (nSPS) is 22.4. The lowest BCUT2D eigenvalue weighted by atomic mass is 10.1. The van der Waals surface area contributed by atoms with E-state index in [1.807, 2.05) is 43.3 Å². The van der Waals surface area contributed by atoms with Crippen LogP contribution in [0, 0.1) is 12.3 Å². The van der Waals surface area contributed by atoms with Crippen molar-refractivity contribution >= 4 is 34.9 Å². The first-order valence-electron chi connectivity index (χ1n) is 7.09. The number of halogens is 2. The zero-order valence-corrected chi connectivity index (χ0v) is 13.9. The van der Waals surface area contributed by atoms with E-state index in [0.717, 1.165) is 11.3 Å². The largest absolute Gasteiger partial charge is 0.310 e. The van der Waals surface area contributed by atoms with E-state index in [2.05, 4.69) is 10.4 Å². The van der Waals surface area contributed by atoms with E-state index in [9.17, 15) is 4.79 Å². The average Bonchev–Trinajstić information content (AvgIpc) is 2.80. The molecule has 1 aromatic carbocycles.